The maximum absolute atomic E-state index is 12.2. The zero-order valence-corrected chi connectivity index (χ0v) is 18.8. The molecular weight excluding hydrogens is 424 g/mol. The van der Waals surface area contributed by atoms with E-state index < -0.39 is 0 Å². The second kappa shape index (κ2) is 10.5. The fraction of sp³-hybridized carbons (Fsp3) is 0.474. The fourth-order valence-electron chi connectivity index (χ4n) is 2.89. The molecule has 1 amide bonds. The SMILES string of the molecule is CSc1nnc(CCCNC(=O)Cn2nnc(-c3ccc(Cl)cc3)n2)n1CC(C)C. The van der Waals surface area contributed by atoms with E-state index in [0.29, 0.717) is 23.3 Å². The van der Waals surface area contributed by atoms with Gasteiger partial charge in [-0.2, -0.15) is 4.80 Å². The van der Waals surface area contributed by atoms with Crippen molar-refractivity contribution in [3.63, 3.8) is 0 Å². The first-order valence-corrected chi connectivity index (χ1v) is 11.3. The molecule has 0 atom stereocenters. The van der Waals surface area contributed by atoms with Crippen molar-refractivity contribution in [2.45, 2.75) is 44.9 Å². The maximum Gasteiger partial charge on any atom is 0.243 e. The number of carbonyl (C=O) groups is 1. The normalized spacial score (nSPS) is 11.2. The smallest absolute Gasteiger partial charge is 0.243 e. The van der Waals surface area contributed by atoms with Crippen LogP contribution in [-0.2, 0) is 24.3 Å². The zero-order chi connectivity index (χ0) is 21.5. The molecule has 0 aliphatic carbocycles. The van der Waals surface area contributed by atoms with Gasteiger partial charge in [-0.25, -0.2) is 0 Å². The summed E-state index contributed by atoms with van der Waals surface area (Å²) in [5.74, 6) is 1.75. The summed E-state index contributed by atoms with van der Waals surface area (Å²) in [5.41, 5.74) is 0.793. The van der Waals surface area contributed by atoms with E-state index in [4.69, 9.17) is 11.6 Å². The summed E-state index contributed by atoms with van der Waals surface area (Å²) >= 11 is 7.48. The third kappa shape index (κ3) is 6.02. The molecule has 0 bridgehead atoms. The number of amides is 1. The molecule has 160 valence electrons. The first-order chi connectivity index (χ1) is 14.5. The summed E-state index contributed by atoms with van der Waals surface area (Å²) in [5, 5.41) is 25.2. The number of nitrogens with zero attached hydrogens (tertiary/aromatic N) is 7. The molecule has 9 nitrogen and oxygen atoms in total. The molecule has 1 aromatic carbocycles. The lowest BCUT2D eigenvalue weighted by molar-refractivity contribution is -0.122. The van der Waals surface area contributed by atoms with E-state index in [1.807, 2.05) is 18.4 Å². The molecule has 2 heterocycles. The van der Waals surface area contributed by atoms with Crippen LogP contribution in [0.5, 0.6) is 0 Å². The minimum atomic E-state index is -0.163. The molecule has 0 saturated heterocycles. The van der Waals surface area contributed by atoms with Gasteiger partial charge in [0, 0.05) is 30.1 Å². The van der Waals surface area contributed by atoms with Gasteiger partial charge < -0.3 is 9.88 Å². The minimum absolute atomic E-state index is 0.0146. The minimum Gasteiger partial charge on any atom is -0.354 e. The van der Waals surface area contributed by atoms with Gasteiger partial charge in [0.2, 0.25) is 11.7 Å². The van der Waals surface area contributed by atoms with Crippen LogP contribution in [0.3, 0.4) is 0 Å². The molecule has 3 aromatic rings. The Hall–Kier alpha value is -2.46. The van der Waals surface area contributed by atoms with Crippen molar-refractivity contribution in [1.29, 1.82) is 0 Å². The van der Waals surface area contributed by atoms with Gasteiger partial charge in [-0.15, -0.1) is 20.4 Å². The van der Waals surface area contributed by atoms with Gasteiger partial charge in [-0.05, 0) is 48.1 Å². The number of tetrazole rings is 1. The molecule has 1 N–H and O–H groups in total. The summed E-state index contributed by atoms with van der Waals surface area (Å²) in [4.78, 5) is 13.5. The van der Waals surface area contributed by atoms with Crippen molar-refractivity contribution in [2.24, 2.45) is 5.92 Å². The number of aryl methyl sites for hydroxylation is 1. The van der Waals surface area contributed by atoms with E-state index in [9.17, 15) is 4.79 Å². The van der Waals surface area contributed by atoms with E-state index in [0.717, 1.165) is 35.9 Å². The van der Waals surface area contributed by atoms with Crippen molar-refractivity contribution in [2.75, 3.05) is 12.8 Å². The van der Waals surface area contributed by atoms with Crippen LogP contribution in [0.25, 0.3) is 11.4 Å². The van der Waals surface area contributed by atoms with E-state index >= 15 is 0 Å². The summed E-state index contributed by atoms with van der Waals surface area (Å²) in [6.07, 6.45) is 3.53. The number of nitrogens with one attached hydrogen (secondary N) is 1. The Kier molecular flexibility index (Phi) is 7.81. The average Bonchev–Trinajstić information content (AvgIpc) is 3.32. The predicted molar refractivity (Wildman–Crippen MR) is 116 cm³/mol. The molecule has 0 aliphatic heterocycles. The highest BCUT2D eigenvalue weighted by Gasteiger charge is 2.13. The lowest BCUT2D eigenvalue weighted by atomic mass is 10.2. The van der Waals surface area contributed by atoms with Crippen molar-refractivity contribution in [1.82, 2.24) is 40.3 Å². The number of thioether (sulfide) groups is 1. The molecule has 11 heteroatoms. The van der Waals surface area contributed by atoms with Gasteiger partial charge in [-0.3, -0.25) is 4.79 Å². The molecule has 3 rings (SSSR count). The highest BCUT2D eigenvalue weighted by molar-refractivity contribution is 7.98. The van der Waals surface area contributed by atoms with Crippen molar-refractivity contribution in [3.05, 3.63) is 35.1 Å². The second-order valence-corrected chi connectivity index (χ2v) is 8.42. The van der Waals surface area contributed by atoms with Crippen LogP contribution >= 0.6 is 23.4 Å². The maximum atomic E-state index is 12.2. The topological polar surface area (TPSA) is 103 Å². The number of halogens is 1. The highest BCUT2D eigenvalue weighted by Crippen LogP contribution is 2.17. The highest BCUT2D eigenvalue weighted by atomic mass is 35.5. The largest absolute Gasteiger partial charge is 0.354 e. The number of rotatable bonds is 10. The number of hydrogen-bond acceptors (Lipinski definition) is 7. The van der Waals surface area contributed by atoms with Crippen LogP contribution in [0.1, 0.15) is 26.1 Å². The molecular formula is C19H25ClN8OS. The lowest BCUT2D eigenvalue weighted by Gasteiger charge is -2.11. The Morgan fingerprint density at radius 1 is 1.20 bits per heavy atom. The van der Waals surface area contributed by atoms with E-state index in [-0.39, 0.29) is 12.5 Å². The molecule has 0 fully saturated rings. The summed E-state index contributed by atoms with van der Waals surface area (Å²) in [6, 6.07) is 7.14. The Morgan fingerprint density at radius 2 is 1.97 bits per heavy atom. The number of benzene rings is 1. The van der Waals surface area contributed by atoms with E-state index in [2.05, 4.69) is 49.3 Å². The Balaban J connectivity index is 1.46. The molecule has 0 spiro atoms. The summed E-state index contributed by atoms with van der Waals surface area (Å²) in [6.45, 7) is 5.79. The molecule has 0 aliphatic rings. The van der Waals surface area contributed by atoms with Crippen molar-refractivity contribution in [3.8, 4) is 11.4 Å². The van der Waals surface area contributed by atoms with Gasteiger partial charge in [0.25, 0.3) is 0 Å². The standard InChI is InChI=1S/C19H25ClN8OS/c1-13(2)11-27-16(22-24-19(27)30-3)5-4-10-21-17(29)12-28-25-18(23-26-28)14-6-8-15(20)9-7-14/h6-9,13H,4-5,10-12H2,1-3H3,(H,21,29). The van der Waals surface area contributed by atoms with Gasteiger partial charge >= 0.3 is 0 Å². The first kappa shape index (κ1) is 22.2. The lowest BCUT2D eigenvalue weighted by Crippen LogP contribution is -2.29. The Labute approximate surface area is 184 Å². The third-order valence-corrected chi connectivity index (χ3v) is 5.18. The van der Waals surface area contributed by atoms with Crippen LogP contribution < -0.4 is 5.32 Å². The Bertz CT molecular complexity index is 969. The zero-order valence-electron chi connectivity index (χ0n) is 17.2. The van der Waals surface area contributed by atoms with Crippen molar-refractivity contribution < 1.29 is 4.79 Å². The number of carbonyl (C=O) groups excluding carboxylic acids is 1. The number of hydrogen-bond donors (Lipinski definition) is 1. The van der Waals surface area contributed by atoms with Gasteiger partial charge in [0.15, 0.2) is 5.16 Å². The monoisotopic (exact) mass is 448 g/mol. The number of aromatic nitrogens is 7. The van der Waals surface area contributed by atoms with Gasteiger partial charge in [0.1, 0.15) is 12.4 Å². The molecule has 30 heavy (non-hydrogen) atoms. The quantitative estimate of drug-likeness (QED) is 0.375. The van der Waals surface area contributed by atoms with E-state index in [1.165, 1.54) is 4.80 Å². The van der Waals surface area contributed by atoms with Crippen LogP contribution in [0.4, 0.5) is 0 Å². The van der Waals surface area contributed by atoms with Gasteiger partial charge in [-0.1, -0.05) is 37.2 Å². The van der Waals surface area contributed by atoms with Crippen molar-refractivity contribution >= 4 is 29.3 Å². The third-order valence-electron chi connectivity index (χ3n) is 4.26. The van der Waals surface area contributed by atoms with Crippen LogP contribution in [0, 0.1) is 5.92 Å². The average molecular weight is 449 g/mol. The fourth-order valence-corrected chi connectivity index (χ4v) is 3.54. The van der Waals surface area contributed by atoms with Crippen LogP contribution in [0.15, 0.2) is 29.4 Å². The van der Waals surface area contributed by atoms with Crippen LogP contribution in [0.2, 0.25) is 5.02 Å². The summed E-state index contributed by atoms with van der Waals surface area (Å²) < 4.78 is 2.16. The first-order valence-electron chi connectivity index (χ1n) is 9.72. The van der Waals surface area contributed by atoms with Crippen LogP contribution in [-0.4, -0.2) is 53.7 Å². The predicted octanol–water partition coefficient (Wildman–Crippen LogP) is 2.71. The molecule has 0 radical (unpaired) electrons. The Morgan fingerprint density at radius 3 is 2.67 bits per heavy atom. The molecule has 0 unspecified atom stereocenters. The molecule has 0 saturated carbocycles. The van der Waals surface area contributed by atoms with Gasteiger partial charge in [0.05, 0.1) is 0 Å². The second-order valence-electron chi connectivity index (χ2n) is 7.21. The van der Waals surface area contributed by atoms with E-state index in [1.54, 1.807) is 23.9 Å². The summed E-state index contributed by atoms with van der Waals surface area (Å²) in [7, 11) is 0. The molecule has 2 aromatic heterocycles.